The molecule has 0 radical (unpaired) electrons. The number of nitrogens with two attached hydrogens (primary N) is 1. The maximum Gasteiger partial charge on any atom is 0.325 e. The molecule has 5 nitrogen and oxygen atoms in total. The monoisotopic (exact) mass is 271 g/mol. The van der Waals surface area contributed by atoms with E-state index in [2.05, 4.69) is 37.6 Å². The van der Waals surface area contributed by atoms with Crippen LogP contribution >= 0.6 is 0 Å². The molecule has 2 atom stereocenters. The zero-order valence-corrected chi connectivity index (χ0v) is 13.2. The van der Waals surface area contributed by atoms with Crippen molar-refractivity contribution < 1.29 is 9.53 Å². The maximum atomic E-state index is 11.7. The van der Waals surface area contributed by atoms with Crippen LogP contribution in [0.5, 0.6) is 0 Å². The number of methoxy groups -OCH3 is 1. The van der Waals surface area contributed by atoms with Crippen LogP contribution in [0.4, 0.5) is 0 Å². The molecule has 5 heteroatoms. The van der Waals surface area contributed by atoms with Gasteiger partial charge in [-0.3, -0.25) is 14.6 Å². The highest BCUT2D eigenvalue weighted by molar-refractivity contribution is 5.79. The van der Waals surface area contributed by atoms with Crippen molar-refractivity contribution in [1.29, 1.82) is 0 Å². The summed E-state index contributed by atoms with van der Waals surface area (Å²) in [6.45, 7) is 11.4. The molecule has 0 spiro atoms. The van der Waals surface area contributed by atoms with Gasteiger partial charge in [-0.15, -0.1) is 0 Å². The summed E-state index contributed by atoms with van der Waals surface area (Å²) in [6.07, 6.45) is 0.611. The van der Waals surface area contributed by atoms with Gasteiger partial charge in [0.2, 0.25) is 0 Å². The van der Waals surface area contributed by atoms with E-state index in [1.807, 2.05) is 0 Å². The molecular formula is C14H29N3O2. The van der Waals surface area contributed by atoms with Gasteiger partial charge in [0.25, 0.3) is 0 Å². The molecule has 0 aliphatic carbocycles. The summed E-state index contributed by atoms with van der Waals surface area (Å²) >= 11 is 0. The van der Waals surface area contributed by atoms with Gasteiger partial charge in [-0.1, -0.05) is 0 Å². The molecule has 0 aromatic rings. The first-order valence-corrected chi connectivity index (χ1v) is 6.93. The summed E-state index contributed by atoms with van der Waals surface area (Å²) in [7, 11) is 3.54. The standard InChI is InChI=1S/C14H29N3O2/c1-11(9-14(4,15)12(18)19-6)17-8-7-16(5)13(2,3)10-17/h11H,7-10,15H2,1-6H3. The summed E-state index contributed by atoms with van der Waals surface area (Å²) in [6, 6.07) is 0.266. The van der Waals surface area contributed by atoms with Gasteiger partial charge in [0.05, 0.1) is 7.11 Å². The van der Waals surface area contributed by atoms with E-state index in [1.54, 1.807) is 6.92 Å². The second-order valence-corrected chi connectivity index (χ2v) is 6.67. The summed E-state index contributed by atoms with van der Waals surface area (Å²) in [5.74, 6) is -0.340. The van der Waals surface area contributed by atoms with E-state index in [1.165, 1.54) is 7.11 Å². The molecule has 0 aromatic carbocycles. The molecule has 1 fully saturated rings. The lowest BCUT2D eigenvalue weighted by Gasteiger charge is -2.48. The number of hydrogen-bond acceptors (Lipinski definition) is 5. The fourth-order valence-corrected chi connectivity index (χ4v) is 2.71. The Kier molecular flexibility index (Phi) is 4.98. The quantitative estimate of drug-likeness (QED) is 0.762. The van der Waals surface area contributed by atoms with Crippen LogP contribution in [-0.2, 0) is 9.53 Å². The van der Waals surface area contributed by atoms with Crippen molar-refractivity contribution in [3.8, 4) is 0 Å². The Morgan fingerprint density at radius 1 is 1.47 bits per heavy atom. The van der Waals surface area contributed by atoms with Crippen molar-refractivity contribution in [3.63, 3.8) is 0 Å². The number of likely N-dealkylation sites (N-methyl/N-ethyl adjacent to an activating group) is 1. The van der Waals surface area contributed by atoms with Crippen molar-refractivity contribution in [1.82, 2.24) is 9.80 Å². The molecule has 0 aromatic heterocycles. The highest BCUT2D eigenvalue weighted by atomic mass is 16.5. The number of nitrogens with zero attached hydrogens (tertiary/aromatic N) is 2. The van der Waals surface area contributed by atoms with Crippen LogP contribution < -0.4 is 5.73 Å². The molecule has 112 valence electrons. The number of piperazine rings is 1. The average Bonchev–Trinajstić information content (AvgIpc) is 2.30. The Balaban J connectivity index is 2.64. The molecular weight excluding hydrogens is 242 g/mol. The van der Waals surface area contributed by atoms with Crippen molar-refractivity contribution in [2.75, 3.05) is 33.8 Å². The Hall–Kier alpha value is -0.650. The van der Waals surface area contributed by atoms with Crippen LogP contribution in [0.3, 0.4) is 0 Å². The minimum atomic E-state index is -0.915. The molecule has 1 saturated heterocycles. The van der Waals surface area contributed by atoms with Crippen LogP contribution in [0.15, 0.2) is 0 Å². The van der Waals surface area contributed by atoms with Crippen molar-refractivity contribution in [3.05, 3.63) is 0 Å². The van der Waals surface area contributed by atoms with Crippen LogP contribution in [-0.4, -0.2) is 66.7 Å². The van der Waals surface area contributed by atoms with Gasteiger partial charge >= 0.3 is 5.97 Å². The largest absolute Gasteiger partial charge is 0.468 e. The zero-order valence-electron chi connectivity index (χ0n) is 13.2. The second-order valence-electron chi connectivity index (χ2n) is 6.67. The van der Waals surface area contributed by atoms with Crippen molar-refractivity contribution in [2.24, 2.45) is 5.73 Å². The molecule has 0 saturated carbocycles. The number of esters is 1. The second kappa shape index (κ2) is 5.77. The molecule has 0 bridgehead atoms. The summed E-state index contributed by atoms with van der Waals surface area (Å²) in [5, 5.41) is 0. The lowest BCUT2D eigenvalue weighted by molar-refractivity contribution is -0.147. The van der Waals surface area contributed by atoms with E-state index in [0.717, 1.165) is 19.6 Å². The fraction of sp³-hybridized carbons (Fsp3) is 0.929. The minimum absolute atomic E-state index is 0.156. The topological polar surface area (TPSA) is 58.8 Å². The van der Waals surface area contributed by atoms with Crippen molar-refractivity contribution in [2.45, 2.75) is 51.2 Å². The molecule has 1 heterocycles. The SMILES string of the molecule is COC(=O)C(C)(N)CC(C)N1CCN(C)C(C)(C)C1. The Labute approximate surface area is 117 Å². The first-order chi connectivity index (χ1) is 8.60. The predicted molar refractivity (Wildman–Crippen MR) is 77.0 cm³/mol. The summed E-state index contributed by atoms with van der Waals surface area (Å²) in [5.41, 5.74) is 5.30. The van der Waals surface area contributed by atoms with E-state index in [0.29, 0.717) is 6.42 Å². The van der Waals surface area contributed by atoms with E-state index in [-0.39, 0.29) is 17.6 Å². The average molecular weight is 271 g/mol. The van der Waals surface area contributed by atoms with E-state index < -0.39 is 5.54 Å². The molecule has 2 unspecified atom stereocenters. The van der Waals surface area contributed by atoms with Gasteiger partial charge in [0, 0.05) is 31.2 Å². The third kappa shape index (κ3) is 3.91. The van der Waals surface area contributed by atoms with E-state index in [9.17, 15) is 4.79 Å². The Bertz CT molecular complexity index is 329. The smallest absolute Gasteiger partial charge is 0.325 e. The highest BCUT2D eigenvalue weighted by Gasteiger charge is 2.37. The van der Waals surface area contributed by atoms with Crippen LogP contribution in [0, 0.1) is 0 Å². The minimum Gasteiger partial charge on any atom is -0.468 e. The number of ether oxygens (including phenoxy) is 1. The van der Waals surface area contributed by atoms with Crippen molar-refractivity contribution >= 4 is 5.97 Å². The van der Waals surface area contributed by atoms with Gasteiger partial charge in [0.15, 0.2) is 0 Å². The van der Waals surface area contributed by atoms with Gasteiger partial charge < -0.3 is 10.5 Å². The maximum absolute atomic E-state index is 11.7. The predicted octanol–water partition coefficient (Wildman–Crippen LogP) is 0.681. The lowest BCUT2D eigenvalue weighted by Crippen LogP contribution is -2.61. The van der Waals surface area contributed by atoms with Crippen LogP contribution in [0.25, 0.3) is 0 Å². The van der Waals surface area contributed by atoms with E-state index in [4.69, 9.17) is 10.5 Å². The van der Waals surface area contributed by atoms with Gasteiger partial charge in [-0.05, 0) is 41.2 Å². The normalized spacial score (nSPS) is 25.6. The summed E-state index contributed by atoms with van der Waals surface area (Å²) in [4.78, 5) is 16.4. The number of rotatable bonds is 4. The molecule has 1 rings (SSSR count). The first kappa shape index (κ1) is 16.4. The van der Waals surface area contributed by atoms with Gasteiger partial charge in [-0.25, -0.2) is 0 Å². The Morgan fingerprint density at radius 2 is 2.05 bits per heavy atom. The molecule has 2 N–H and O–H groups in total. The van der Waals surface area contributed by atoms with Crippen LogP contribution in [0.2, 0.25) is 0 Å². The van der Waals surface area contributed by atoms with Crippen LogP contribution in [0.1, 0.15) is 34.1 Å². The summed E-state index contributed by atoms with van der Waals surface area (Å²) < 4.78 is 4.77. The third-order valence-corrected chi connectivity index (χ3v) is 4.34. The molecule has 19 heavy (non-hydrogen) atoms. The Morgan fingerprint density at radius 3 is 2.53 bits per heavy atom. The number of carbonyl (C=O) groups excluding carboxylic acids is 1. The molecule has 1 aliphatic rings. The first-order valence-electron chi connectivity index (χ1n) is 6.93. The molecule has 0 amide bonds. The molecule has 1 aliphatic heterocycles. The highest BCUT2D eigenvalue weighted by Crippen LogP contribution is 2.23. The number of hydrogen-bond donors (Lipinski definition) is 1. The zero-order chi connectivity index (χ0) is 14.8. The van der Waals surface area contributed by atoms with Gasteiger partial charge in [-0.2, -0.15) is 0 Å². The third-order valence-electron chi connectivity index (χ3n) is 4.34. The fourth-order valence-electron chi connectivity index (χ4n) is 2.71. The van der Waals surface area contributed by atoms with E-state index >= 15 is 0 Å². The lowest BCUT2D eigenvalue weighted by atomic mass is 9.91. The van der Waals surface area contributed by atoms with Gasteiger partial charge in [0.1, 0.15) is 5.54 Å². The number of carbonyl (C=O) groups is 1.